The average Bonchev–Trinajstić information content (AvgIpc) is 4.13. The summed E-state index contributed by atoms with van der Waals surface area (Å²) < 4.78 is 22.7. The van der Waals surface area contributed by atoms with Gasteiger partial charge in [0.15, 0.2) is 22.6 Å². The molecule has 5 heterocycles. The first-order chi connectivity index (χ1) is 31.7. The van der Waals surface area contributed by atoms with Gasteiger partial charge in [-0.15, -0.1) is 0 Å². The fourth-order valence-corrected chi connectivity index (χ4v) is 9.96. The Morgan fingerprint density at radius 2 is 0.859 bits per heavy atom. The maximum atomic E-state index is 7.05. The second-order valence-corrected chi connectivity index (χ2v) is 16.4. The number of rotatable bonds is 5. The fourth-order valence-electron chi connectivity index (χ4n) is 9.96. The summed E-state index contributed by atoms with van der Waals surface area (Å²) in [5, 5.41) is 7.27. The fraction of sp³-hybridized carbons (Fsp3) is 0. The van der Waals surface area contributed by atoms with Crippen LogP contribution in [0.3, 0.4) is 0 Å². The van der Waals surface area contributed by atoms with Gasteiger partial charge in [-0.05, 0) is 71.8 Å². The summed E-state index contributed by atoms with van der Waals surface area (Å²) in [6, 6.07) is 69.7. The summed E-state index contributed by atoms with van der Waals surface area (Å²) in [6.45, 7) is 0. The van der Waals surface area contributed by atoms with Crippen molar-refractivity contribution in [3.63, 3.8) is 0 Å². The second-order valence-electron chi connectivity index (χ2n) is 16.4. The predicted molar refractivity (Wildman–Crippen MR) is 260 cm³/mol. The molecule has 64 heavy (non-hydrogen) atoms. The lowest BCUT2D eigenvalue weighted by Crippen LogP contribution is -2.02. The third-order valence-corrected chi connectivity index (χ3v) is 12.8. The van der Waals surface area contributed by atoms with Gasteiger partial charge in [-0.1, -0.05) is 140 Å². The molecule has 14 rings (SSSR count). The highest BCUT2D eigenvalue weighted by Crippen LogP contribution is 2.48. The van der Waals surface area contributed by atoms with Crippen molar-refractivity contribution in [1.82, 2.24) is 14.5 Å². The van der Waals surface area contributed by atoms with Gasteiger partial charge in [-0.2, -0.15) is 0 Å². The number of hydrogen-bond donors (Lipinski definition) is 0. The number of para-hydroxylation sites is 3. The highest BCUT2D eigenvalue weighted by Gasteiger charge is 2.27. The van der Waals surface area contributed by atoms with Crippen molar-refractivity contribution >= 4 is 87.8 Å². The number of fused-ring (bicyclic) bond motifs is 14. The molecule has 0 saturated carbocycles. The monoisotopic (exact) mass is 819 g/mol. The van der Waals surface area contributed by atoms with Gasteiger partial charge in [0.2, 0.25) is 0 Å². The summed E-state index contributed by atoms with van der Waals surface area (Å²) in [4.78, 5) is 10.5. The van der Waals surface area contributed by atoms with Crippen LogP contribution in [0.1, 0.15) is 0 Å². The SMILES string of the molecule is c1ccc(-c2nc(-c3cc(-c4ccccc4)c(-n4c5ccccc5c5c6oc7c(ccc8c9ccccc9oc87)c6ccc54)c(-c4ccccc4)c3)c3oc4ccccc4c3n2)cc1. The van der Waals surface area contributed by atoms with E-state index in [2.05, 4.69) is 150 Å². The Hall–Kier alpha value is -8.74. The van der Waals surface area contributed by atoms with Gasteiger partial charge in [-0.3, -0.25) is 0 Å². The number of benzene rings is 9. The van der Waals surface area contributed by atoms with Crippen molar-refractivity contribution < 1.29 is 13.3 Å². The molecule has 0 aliphatic heterocycles. The molecule has 298 valence electrons. The normalized spacial score (nSPS) is 12.1. The Morgan fingerprint density at radius 3 is 1.56 bits per heavy atom. The average molecular weight is 820 g/mol. The Kier molecular flexibility index (Phi) is 7.30. The van der Waals surface area contributed by atoms with E-state index < -0.39 is 0 Å². The molecule has 6 nitrogen and oxygen atoms in total. The Labute approximate surface area is 364 Å². The van der Waals surface area contributed by atoms with E-state index >= 15 is 0 Å². The van der Waals surface area contributed by atoms with Crippen molar-refractivity contribution in [3.8, 4) is 50.6 Å². The van der Waals surface area contributed by atoms with Crippen LogP contribution in [0.25, 0.3) is 138 Å². The summed E-state index contributed by atoms with van der Waals surface area (Å²) in [5.74, 6) is 0.637. The van der Waals surface area contributed by atoms with Crippen molar-refractivity contribution in [1.29, 1.82) is 0 Å². The predicted octanol–water partition coefficient (Wildman–Crippen LogP) is 15.9. The highest BCUT2D eigenvalue weighted by molar-refractivity contribution is 6.27. The van der Waals surface area contributed by atoms with Gasteiger partial charge in [0.05, 0.1) is 22.1 Å². The van der Waals surface area contributed by atoms with Gasteiger partial charge >= 0.3 is 0 Å². The topological polar surface area (TPSA) is 70.1 Å². The molecule has 0 aliphatic carbocycles. The third-order valence-electron chi connectivity index (χ3n) is 12.8. The zero-order valence-electron chi connectivity index (χ0n) is 34.1. The summed E-state index contributed by atoms with van der Waals surface area (Å²) >= 11 is 0. The van der Waals surface area contributed by atoms with E-state index in [-0.39, 0.29) is 0 Å². The van der Waals surface area contributed by atoms with E-state index in [9.17, 15) is 0 Å². The Morgan fingerprint density at radius 1 is 0.344 bits per heavy atom. The lowest BCUT2D eigenvalue weighted by Gasteiger charge is -2.21. The first-order valence-corrected chi connectivity index (χ1v) is 21.5. The minimum Gasteiger partial charge on any atom is -0.452 e. The quantitative estimate of drug-likeness (QED) is 0.173. The maximum absolute atomic E-state index is 7.05. The third kappa shape index (κ3) is 5.02. The van der Waals surface area contributed by atoms with Gasteiger partial charge in [-0.25, -0.2) is 9.97 Å². The minimum absolute atomic E-state index is 0.637. The summed E-state index contributed by atoms with van der Waals surface area (Å²) in [5.41, 5.74) is 15.3. The Balaban J connectivity index is 1.11. The first kappa shape index (κ1) is 34.9. The zero-order chi connectivity index (χ0) is 41.9. The smallest absolute Gasteiger partial charge is 0.180 e. The van der Waals surface area contributed by atoms with Crippen LogP contribution in [0, 0.1) is 0 Å². The summed E-state index contributed by atoms with van der Waals surface area (Å²) in [6.07, 6.45) is 0. The van der Waals surface area contributed by atoms with Crippen molar-refractivity contribution in [2.75, 3.05) is 0 Å². The lowest BCUT2D eigenvalue weighted by atomic mass is 9.91. The molecular weight excluding hydrogens is 787 g/mol. The zero-order valence-corrected chi connectivity index (χ0v) is 34.1. The molecule has 0 saturated heterocycles. The number of aromatic nitrogens is 3. The number of hydrogen-bond acceptors (Lipinski definition) is 5. The van der Waals surface area contributed by atoms with Crippen molar-refractivity contribution in [2.45, 2.75) is 0 Å². The van der Waals surface area contributed by atoms with Crippen LogP contribution in [0.15, 0.2) is 213 Å². The van der Waals surface area contributed by atoms with E-state index in [1.807, 2.05) is 54.6 Å². The molecule has 0 amide bonds. The lowest BCUT2D eigenvalue weighted by molar-refractivity contribution is 0.635. The van der Waals surface area contributed by atoms with Crippen molar-refractivity contribution in [2.24, 2.45) is 0 Å². The van der Waals surface area contributed by atoms with Crippen LogP contribution in [-0.4, -0.2) is 14.5 Å². The van der Waals surface area contributed by atoms with Gasteiger partial charge in [0, 0.05) is 54.6 Å². The molecule has 14 aromatic rings. The van der Waals surface area contributed by atoms with Crippen molar-refractivity contribution in [3.05, 3.63) is 200 Å². The molecule has 0 bridgehead atoms. The van der Waals surface area contributed by atoms with Crippen LogP contribution in [0.4, 0.5) is 0 Å². The van der Waals surface area contributed by atoms with Crippen LogP contribution in [0.5, 0.6) is 0 Å². The summed E-state index contributed by atoms with van der Waals surface area (Å²) in [7, 11) is 0. The molecule has 0 N–H and O–H groups in total. The molecule has 0 atom stereocenters. The molecule has 0 unspecified atom stereocenters. The van der Waals surface area contributed by atoms with Crippen LogP contribution in [0.2, 0.25) is 0 Å². The minimum atomic E-state index is 0.637. The number of furan rings is 3. The Bertz CT molecular complexity index is 4120. The first-order valence-electron chi connectivity index (χ1n) is 21.5. The highest BCUT2D eigenvalue weighted by atomic mass is 16.4. The second kappa shape index (κ2) is 13.4. The molecule has 0 fully saturated rings. The van der Waals surface area contributed by atoms with E-state index in [1.54, 1.807) is 0 Å². The number of nitrogens with zero attached hydrogens (tertiary/aromatic N) is 3. The maximum Gasteiger partial charge on any atom is 0.180 e. The molecule has 0 radical (unpaired) electrons. The molecule has 0 aliphatic rings. The molecular formula is C58H33N3O3. The largest absolute Gasteiger partial charge is 0.452 e. The van der Waals surface area contributed by atoms with E-state index in [1.165, 1.54) is 0 Å². The van der Waals surface area contributed by atoms with E-state index in [0.717, 1.165) is 127 Å². The van der Waals surface area contributed by atoms with E-state index in [4.69, 9.17) is 23.2 Å². The van der Waals surface area contributed by atoms with Crippen LogP contribution in [-0.2, 0) is 0 Å². The molecule has 9 aromatic carbocycles. The van der Waals surface area contributed by atoms with Gasteiger partial charge in [0.1, 0.15) is 28.0 Å². The molecule has 0 spiro atoms. The molecule has 6 heteroatoms. The standard InChI is InChI=1S/C58H33N3O3/c1-4-16-34(17-5-1)44-32-37(51-57-52(43-24-12-15-27-49(43)63-57)60-58(59-51)36-20-8-3-9-21-36)33-45(35-18-6-2-7-19-35)53(44)61-46-25-13-10-23-42(46)50-47(61)31-30-40-41-29-28-39-38-22-11-14-26-48(38)62-55(39)56(41)64-54(40)50/h1-33H. The van der Waals surface area contributed by atoms with E-state index in [0.29, 0.717) is 11.4 Å². The van der Waals surface area contributed by atoms with Crippen LogP contribution < -0.4 is 0 Å². The van der Waals surface area contributed by atoms with Crippen LogP contribution >= 0.6 is 0 Å². The van der Waals surface area contributed by atoms with Gasteiger partial charge < -0.3 is 17.8 Å². The molecule has 5 aromatic heterocycles. The van der Waals surface area contributed by atoms with Gasteiger partial charge in [0.25, 0.3) is 0 Å².